The fourth-order valence-electron chi connectivity index (χ4n) is 1.40. The average molecular weight is 285 g/mol. The van der Waals surface area contributed by atoms with Gasteiger partial charge in [0.15, 0.2) is 0 Å². The van der Waals surface area contributed by atoms with Crippen LogP contribution in [0, 0.1) is 18.3 Å². The largest absolute Gasteiger partial charge is 0.387 e. The summed E-state index contributed by atoms with van der Waals surface area (Å²) in [4.78, 5) is 6.35. The van der Waals surface area contributed by atoms with Crippen LogP contribution in [0.15, 0.2) is 16.7 Å². The molecule has 1 heterocycles. The van der Waals surface area contributed by atoms with Crippen molar-refractivity contribution in [1.82, 2.24) is 4.98 Å². The van der Waals surface area contributed by atoms with Gasteiger partial charge in [0.05, 0.1) is 10.3 Å². The first-order chi connectivity index (χ1) is 7.41. The van der Waals surface area contributed by atoms with Gasteiger partial charge in [-0.15, -0.1) is 0 Å². The van der Waals surface area contributed by atoms with E-state index in [0.717, 1.165) is 15.9 Å². The molecule has 0 aromatic carbocycles. The van der Waals surface area contributed by atoms with E-state index < -0.39 is 0 Å². The molecule has 0 saturated carbocycles. The number of halogens is 1. The third-order valence-corrected chi connectivity index (χ3v) is 2.98. The Kier molecular flexibility index (Phi) is 4.29. The summed E-state index contributed by atoms with van der Waals surface area (Å²) in [5, 5.41) is 7.36. The van der Waals surface area contributed by atoms with Gasteiger partial charge in [0, 0.05) is 25.7 Å². The molecule has 0 aliphatic heterocycles. The van der Waals surface area contributed by atoms with Gasteiger partial charge in [-0.1, -0.05) is 6.92 Å². The normalized spacial score (nSPS) is 12.2. The van der Waals surface area contributed by atoms with Crippen LogP contribution in [0.1, 0.15) is 12.5 Å². The van der Waals surface area contributed by atoms with Crippen molar-refractivity contribution in [1.29, 1.82) is 5.41 Å². The summed E-state index contributed by atoms with van der Waals surface area (Å²) < 4.78 is 0.964. The Labute approximate surface area is 104 Å². The van der Waals surface area contributed by atoms with E-state index in [1.165, 1.54) is 0 Å². The first-order valence-electron chi connectivity index (χ1n) is 5.09. The molecule has 4 nitrogen and oxygen atoms in total. The van der Waals surface area contributed by atoms with Crippen molar-refractivity contribution in [2.45, 2.75) is 13.8 Å². The Bertz CT molecular complexity index is 392. The first kappa shape index (κ1) is 13.0. The molecule has 1 rings (SSSR count). The molecule has 88 valence electrons. The molecule has 0 aliphatic carbocycles. The topological polar surface area (TPSA) is 66.0 Å². The van der Waals surface area contributed by atoms with Gasteiger partial charge in [-0.25, -0.2) is 4.98 Å². The van der Waals surface area contributed by atoms with Crippen LogP contribution in [0.5, 0.6) is 0 Å². The van der Waals surface area contributed by atoms with Crippen LogP contribution in [0.3, 0.4) is 0 Å². The number of hydrogen-bond donors (Lipinski definition) is 2. The average Bonchev–Trinajstić information content (AvgIpc) is 2.16. The van der Waals surface area contributed by atoms with E-state index in [9.17, 15) is 0 Å². The summed E-state index contributed by atoms with van der Waals surface area (Å²) in [5.41, 5.74) is 6.56. The zero-order valence-corrected chi connectivity index (χ0v) is 11.4. The number of hydrogen-bond acceptors (Lipinski definition) is 3. The number of rotatable bonds is 4. The fourth-order valence-corrected chi connectivity index (χ4v) is 2.17. The lowest BCUT2D eigenvalue weighted by Crippen LogP contribution is -2.32. The number of anilines is 1. The number of aryl methyl sites for hydroxylation is 1. The maximum absolute atomic E-state index is 7.36. The molecule has 0 fully saturated rings. The van der Waals surface area contributed by atoms with E-state index in [4.69, 9.17) is 11.1 Å². The molecular weight excluding hydrogens is 268 g/mol. The van der Waals surface area contributed by atoms with E-state index in [-0.39, 0.29) is 11.8 Å². The van der Waals surface area contributed by atoms with Crippen molar-refractivity contribution < 1.29 is 0 Å². The van der Waals surface area contributed by atoms with Crippen molar-refractivity contribution in [2.24, 2.45) is 11.7 Å². The maximum atomic E-state index is 7.36. The van der Waals surface area contributed by atoms with Crippen molar-refractivity contribution in [3.8, 4) is 0 Å². The standard InChI is InChI=1S/C11H17BrN4/c1-7-4-9(12)11(15-5-7)16(3)6-8(2)10(13)14/h4-5,8H,6H2,1-3H3,(H3,13,14). The smallest absolute Gasteiger partial charge is 0.142 e. The molecule has 0 bridgehead atoms. The Morgan fingerprint density at radius 1 is 1.69 bits per heavy atom. The van der Waals surface area contributed by atoms with Crippen LogP contribution >= 0.6 is 15.9 Å². The van der Waals surface area contributed by atoms with Crippen LogP contribution in [0.2, 0.25) is 0 Å². The Morgan fingerprint density at radius 2 is 2.31 bits per heavy atom. The Hall–Kier alpha value is -1.10. The fraction of sp³-hybridized carbons (Fsp3) is 0.455. The van der Waals surface area contributed by atoms with Crippen LogP contribution in [-0.2, 0) is 0 Å². The molecule has 1 atom stereocenters. The summed E-state index contributed by atoms with van der Waals surface area (Å²) in [6.07, 6.45) is 1.83. The highest BCUT2D eigenvalue weighted by atomic mass is 79.9. The Morgan fingerprint density at radius 3 is 2.81 bits per heavy atom. The molecule has 0 amide bonds. The van der Waals surface area contributed by atoms with Crippen molar-refractivity contribution in [3.05, 3.63) is 22.3 Å². The molecule has 1 unspecified atom stereocenters. The highest BCUT2D eigenvalue weighted by molar-refractivity contribution is 9.10. The minimum absolute atomic E-state index is 0.0278. The van der Waals surface area contributed by atoms with Crippen molar-refractivity contribution >= 4 is 27.6 Å². The second kappa shape index (κ2) is 5.30. The van der Waals surface area contributed by atoms with Crippen LogP contribution < -0.4 is 10.6 Å². The summed E-state index contributed by atoms with van der Waals surface area (Å²) in [7, 11) is 1.95. The predicted molar refractivity (Wildman–Crippen MR) is 71.0 cm³/mol. The minimum atomic E-state index is 0.0278. The van der Waals surface area contributed by atoms with Gasteiger partial charge in [0.25, 0.3) is 0 Å². The second-order valence-corrected chi connectivity index (χ2v) is 4.91. The number of nitrogens with one attached hydrogen (secondary N) is 1. The molecular formula is C11H17BrN4. The monoisotopic (exact) mass is 284 g/mol. The van der Waals surface area contributed by atoms with Gasteiger partial charge in [0.2, 0.25) is 0 Å². The molecule has 16 heavy (non-hydrogen) atoms. The third kappa shape index (κ3) is 3.20. The number of aromatic nitrogens is 1. The summed E-state index contributed by atoms with van der Waals surface area (Å²) in [5.74, 6) is 1.11. The van der Waals surface area contributed by atoms with Crippen molar-refractivity contribution in [3.63, 3.8) is 0 Å². The SMILES string of the molecule is Cc1cnc(N(C)CC(C)C(=N)N)c(Br)c1. The van der Waals surface area contributed by atoms with E-state index in [1.807, 2.05) is 38.1 Å². The molecule has 3 N–H and O–H groups in total. The molecule has 1 aromatic rings. The van der Waals surface area contributed by atoms with Gasteiger partial charge in [0.1, 0.15) is 5.82 Å². The van der Waals surface area contributed by atoms with E-state index in [1.54, 1.807) is 0 Å². The number of pyridine rings is 1. The molecule has 0 aliphatic rings. The highest BCUT2D eigenvalue weighted by Gasteiger charge is 2.12. The van der Waals surface area contributed by atoms with Gasteiger partial charge in [-0.3, -0.25) is 5.41 Å². The summed E-state index contributed by atoms with van der Waals surface area (Å²) >= 11 is 3.49. The van der Waals surface area contributed by atoms with Crippen LogP contribution in [-0.4, -0.2) is 24.4 Å². The zero-order valence-electron chi connectivity index (χ0n) is 9.79. The summed E-state index contributed by atoms with van der Waals surface area (Å²) in [6.45, 7) is 4.62. The Balaban J connectivity index is 2.80. The molecule has 0 spiro atoms. The summed E-state index contributed by atoms with van der Waals surface area (Å²) in [6, 6.07) is 2.03. The third-order valence-electron chi connectivity index (χ3n) is 2.40. The maximum Gasteiger partial charge on any atom is 0.142 e. The van der Waals surface area contributed by atoms with Gasteiger partial charge < -0.3 is 10.6 Å². The molecule has 1 aromatic heterocycles. The number of nitrogens with two attached hydrogens (primary N) is 1. The lowest BCUT2D eigenvalue weighted by atomic mass is 10.1. The lowest BCUT2D eigenvalue weighted by molar-refractivity contribution is 0.721. The number of nitrogens with zero attached hydrogens (tertiary/aromatic N) is 2. The van der Waals surface area contributed by atoms with Gasteiger partial charge in [-0.05, 0) is 34.5 Å². The van der Waals surface area contributed by atoms with Gasteiger partial charge in [-0.2, -0.15) is 0 Å². The van der Waals surface area contributed by atoms with Crippen LogP contribution in [0.25, 0.3) is 0 Å². The number of amidine groups is 1. The van der Waals surface area contributed by atoms with Crippen molar-refractivity contribution in [2.75, 3.05) is 18.5 Å². The van der Waals surface area contributed by atoms with E-state index in [0.29, 0.717) is 6.54 Å². The first-order valence-corrected chi connectivity index (χ1v) is 5.88. The van der Waals surface area contributed by atoms with E-state index in [2.05, 4.69) is 20.9 Å². The molecule has 0 saturated heterocycles. The minimum Gasteiger partial charge on any atom is -0.387 e. The second-order valence-electron chi connectivity index (χ2n) is 4.06. The molecule has 0 radical (unpaired) electrons. The quantitative estimate of drug-likeness (QED) is 0.658. The molecule has 5 heteroatoms. The lowest BCUT2D eigenvalue weighted by Gasteiger charge is -2.22. The zero-order chi connectivity index (χ0) is 12.3. The van der Waals surface area contributed by atoms with E-state index >= 15 is 0 Å². The predicted octanol–water partition coefficient (Wildman–Crippen LogP) is 2.16. The highest BCUT2D eigenvalue weighted by Crippen LogP contribution is 2.23. The van der Waals surface area contributed by atoms with Crippen LogP contribution in [0.4, 0.5) is 5.82 Å². The van der Waals surface area contributed by atoms with Gasteiger partial charge >= 0.3 is 0 Å².